The molecule has 0 aliphatic carbocycles. The Bertz CT molecular complexity index is 548. The van der Waals surface area contributed by atoms with Crippen molar-refractivity contribution >= 4 is 11.8 Å². The van der Waals surface area contributed by atoms with Gasteiger partial charge < -0.3 is 14.2 Å². The topological polar surface area (TPSA) is 70.8 Å². The lowest BCUT2D eigenvalue weighted by Gasteiger charge is -2.25. The van der Waals surface area contributed by atoms with Crippen LogP contribution in [0.4, 0.5) is 5.69 Å². The van der Waals surface area contributed by atoms with Gasteiger partial charge in [-0.25, -0.2) is 0 Å². The number of nitrogens with zero attached hydrogens (tertiary/aromatic N) is 1. The van der Waals surface area contributed by atoms with Crippen molar-refractivity contribution < 1.29 is 19.1 Å². The minimum Gasteiger partial charge on any atom is -0.353 e. The number of non-ortho nitro benzene ring substituents is 1. The van der Waals surface area contributed by atoms with E-state index >= 15 is 0 Å². The molecule has 2 aliphatic heterocycles. The van der Waals surface area contributed by atoms with Gasteiger partial charge in [0.05, 0.1) is 11.5 Å². The molecule has 0 bridgehead atoms. The zero-order valence-electron chi connectivity index (χ0n) is 12.3. The Hall–Kier alpha value is -1.76. The highest BCUT2D eigenvalue weighted by molar-refractivity contribution is 5.55. The first kappa shape index (κ1) is 15.1. The third kappa shape index (κ3) is 3.91. The zero-order chi connectivity index (χ0) is 15.4. The number of nitro benzene ring substituents is 1. The van der Waals surface area contributed by atoms with E-state index < -0.39 is 4.92 Å². The quantitative estimate of drug-likeness (QED) is 0.630. The average Bonchev–Trinajstić information content (AvgIpc) is 2.96. The van der Waals surface area contributed by atoms with Crippen molar-refractivity contribution in [2.24, 2.45) is 0 Å². The first-order chi connectivity index (χ1) is 10.7. The molecular weight excluding hydrogens is 286 g/mol. The van der Waals surface area contributed by atoms with Gasteiger partial charge in [0.1, 0.15) is 0 Å². The van der Waals surface area contributed by atoms with Gasteiger partial charge in [-0.05, 0) is 42.5 Å². The highest BCUT2D eigenvalue weighted by Gasteiger charge is 2.25. The number of rotatable bonds is 4. The Kier molecular flexibility index (Phi) is 4.82. The molecule has 6 nitrogen and oxygen atoms in total. The van der Waals surface area contributed by atoms with E-state index in [1.807, 2.05) is 6.08 Å². The standard InChI is InChI=1S/C16H19NO5/c18-17(19)14-6-4-12(5-7-14)9-13-10-16(21-11-13)22-15-3-1-2-8-20-15/h4-7,9,15-16H,1-3,8,10-11H2/b13-9+/t15-,16-/m1/s1. The summed E-state index contributed by atoms with van der Waals surface area (Å²) in [6.45, 7) is 1.28. The lowest BCUT2D eigenvalue weighted by atomic mass is 10.1. The molecule has 0 radical (unpaired) electrons. The van der Waals surface area contributed by atoms with Crippen LogP contribution in [0, 0.1) is 10.1 Å². The molecule has 1 aromatic rings. The summed E-state index contributed by atoms with van der Waals surface area (Å²) in [6.07, 6.45) is 5.43. The Balaban J connectivity index is 1.55. The molecule has 0 amide bonds. The Morgan fingerprint density at radius 1 is 1.18 bits per heavy atom. The molecule has 2 heterocycles. The van der Waals surface area contributed by atoms with E-state index in [4.69, 9.17) is 14.2 Å². The van der Waals surface area contributed by atoms with Crippen LogP contribution in [0.2, 0.25) is 0 Å². The van der Waals surface area contributed by atoms with Gasteiger partial charge in [-0.2, -0.15) is 0 Å². The lowest BCUT2D eigenvalue weighted by Crippen LogP contribution is -2.27. The Labute approximate surface area is 128 Å². The highest BCUT2D eigenvalue weighted by atomic mass is 16.8. The summed E-state index contributed by atoms with van der Waals surface area (Å²) in [5, 5.41) is 10.6. The molecule has 2 fully saturated rings. The monoisotopic (exact) mass is 305 g/mol. The summed E-state index contributed by atoms with van der Waals surface area (Å²) in [6, 6.07) is 6.49. The predicted octanol–water partition coefficient (Wildman–Crippen LogP) is 3.27. The van der Waals surface area contributed by atoms with Crippen LogP contribution >= 0.6 is 0 Å². The van der Waals surface area contributed by atoms with Crippen LogP contribution < -0.4 is 0 Å². The molecule has 1 aromatic carbocycles. The number of benzene rings is 1. The molecule has 2 atom stereocenters. The Morgan fingerprint density at radius 3 is 2.68 bits per heavy atom. The summed E-state index contributed by atoms with van der Waals surface area (Å²) in [7, 11) is 0. The number of hydrogen-bond acceptors (Lipinski definition) is 5. The molecule has 0 N–H and O–H groups in total. The second-order valence-corrected chi connectivity index (χ2v) is 5.53. The molecule has 0 spiro atoms. The third-order valence-corrected chi connectivity index (χ3v) is 3.80. The molecule has 22 heavy (non-hydrogen) atoms. The number of nitro groups is 1. The van der Waals surface area contributed by atoms with E-state index in [0.29, 0.717) is 13.0 Å². The van der Waals surface area contributed by atoms with Gasteiger partial charge in [0.2, 0.25) is 0 Å². The van der Waals surface area contributed by atoms with Crippen LogP contribution in [0.5, 0.6) is 0 Å². The lowest BCUT2D eigenvalue weighted by molar-refractivity contribution is -0.384. The third-order valence-electron chi connectivity index (χ3n) is 3.80. The van der Waals surface area contributed by atoms with Crippen LogP contribution in [-0.2, 0) is 14.2 Å². The molecule has 3 rings (SSSR count). The summed E-state index contributed by atoms with van der Waals surface area (Å²) < 4.78 is 17.0. The van der Waals surface area contributed by atoms with Crippen LogP contribution in [0.15, 0.2) is 29.8 Å². The minimum atomic E-state index is -0.399. The first-order valence-corrected chi connectivity index (χ1v) is 7.53. The maximum absolute atomic E-state index is 10.6. The van der Waals surface area contributed by atoms with Crippen LogP contribution in [0.3, 0.4) is 0 Å². The van der Waals surface area contributed by atoms with Crippen LogP contribution in [0.25, 0.3) is 6.08 Å². The maximum Gasteiger partial charge on any atom is 0.269 e. The fourth-order valence-corrected chi connectivity index (χ4v) is 2.64. The van der Waals surface area contributed by atoms with Gasteiger partial charge in [-0.15, -0.1) is 0 Å². The summed E-state index contributed by atoms with van der Waals surface area (Å²) in [5.74, 6) is 0. The van der Waals surface area contributed by atoms with Crippen LogP contribution in [-0.4, -0.2) is 30.7 Å². The van der Waals surface area contributed by atoms with Crippen LogP contribution in [0.1, 0.15) is 31.2 Å². The van der Waals surface area contributed by atoms with E-state index in [0.717, 1.165) is 37.0 Å². The zero-order valence-corrected chi connectivity index (χ0v) is 12.3. The average molecular weight is 305 g/mol. The fourth-order valence-electron chi connectivity index (χ4n) is 2.64. The van der Waals surface area contributed by atoms with E-state index in [9.17, 15) is 10.1 Å². The first-order valence-electron chi connectivity index (χ1n) is 7.53. The number of hydrogen-bond donors (Lipinski definition) is 0. The molecule has 0 saturated carbocycles. The molecule has 2 saturated heterocycles. The minimum absolute atomic E-state index is 0.0977. The Morgan fingerprint density at radius 2 is 2.00 bits per heavy atom. The van der Waals surface area contributed by atoms with Crippen molar-refractivity contribution in [2.75, 3.05) is 13.2 Å². The van der Waals surface area contributed by atoms with Crippen molar-refractivity contribution in [1.82, 2.24) is 0 Å². The molecular formula is C16H19NO5. The van der Waals surface area contributed by atoms with E-state index in [2.05, 4.69) is 0 Å². The van der Waals surface area contributed by atoms with Crippen molar-refractivity contribution in [3.8, 4) is 0 Å². The van der Waals surface area contributed by atoms with Gasteiger partial charge in [0.25, 0.3) is 5.69 Å². The normalized spacial score (nSPS) is 27.2. The van der Waals surface area contributed by atoms with Crippen molar-refractivity contribution in [1.29, 1.82) is 0 Å². The smallest absolute Gasteiger partial charge is 0.269 e. The molecule has 0 unspecified atom stereocenters. The van der Waals surface area contributed by atoms with Gasteiger partial charge in [0.15, 0.2) is 12.6 Å². The SMILES string of the molecule is O=[N+]([O-])c1ccc(/C=C2/CO[C@H](O[C@@H]3CCCCO3)C2)cc1. The van der Waals surface area contributed by atoms with Crippen molar-refractivity contribution in [2.45, 2.75) is 38.3 Å². The van der Waals surface area contributed by atoms with Crippen molar-refractivity contribution in [3.63, 3.8) is 0 Å². The second-order valence-electron chi connectivity index (χ2n) is 5.53. The summed E-state index contributed by atoms with van der Waals surface area (Å²) >= 11 is 0. The van der Waals surface area contributed by atoms with Crippen molar-refractivity contribution in [3.05, 3.63) is 45.5 Å². The maximum atomic E-state index is 10.6. The summed E-state index contributed by atoms with van der Waals surface area (Å²) in [4.78, 5) is 10.2. The highest BCUT2D eigenvalue weighted by Crippen LogP contribution is 2.26. The van der Waals surface area contributed by atoms with E-state index in [1.165, 1.54) is 12.1 Å². The van der Waals surface area contributed by atoms with Gasteiger partial charge in [-0.1, -0.05) is 6.08 Å². The molecule has 2 aliphatic rings. The van der Waals surface area contributed by atoms with E-state index in [1.54, 1.807) is 12.1 Å². The molecule has 118 valence electrons. The van der Waals surface area contributed by atoms with Gasteiger partial charge >= 0.3 is 0 Å². The second kappa shape index (κ2) is 7.00. The largest absolute Gasteiger partial charge is 0.353 e. The van der Waals surface area contributed by atoms with Gasteiger partial charge in [0, 0.05) is 25.2 Å². The number of ether oxygens (including phenoxy) is 3. The predicted molar refractivity (Wildman–Crippen MR) is 80.1 cm³/mol. The molecule has 6 heteroatoms. The molecule has 0 aromatic heterocycles. The fraction of sp³-hybridized carbons (Fsp3) is 0.500. The summed E-state index contributed by atoms with van der Waals surface area (Å²) in [5.41, 5.74) is 2.15. The van der Waals surface area contributed by atoms with Gasteiger partial charge in [-0.3, -0.25) is 10.1 Å². The van der Waals surface area contributed by atoms with E-state index in [-0.39, 0.29) is 18.3 Å².